The van der Waals surface area contributed by atoms with Gasteiger partial charge in [-0.15, -0.1) is 0 Å². The van der Waals surface area contributed by atoms with Gasteiger partial charge in [-0.2, -0.15) is 0 Å². The number of nitrogens with one attached hydrogen (secondary N) is 1. The van der Waals surface area contributed by atoms with Crippen LogP contribution >= 0.6 is 0 Å². The Hall–Kier alpha value is -4.19. The van der Waals surface area contributed by atoms with E-state index in [0.29, 0.717) is 34.5 Å². The van der Waals surface area contributed by atoms with Crippen LogP contribution in [0.5, 0.6) is 5.75 Å². The number of carbonyl (C=O) groups is 2. The topological polar surface area (TPSA) is 77.4 Å². The summed E-state index contributed by atoms with van der Waals surface area (Å²) >= 11 is 0. The molecule has 1 aromatic heterocycles. The fraction of sp³-hybridized carbons (Fsp3) is 0.179. The molecular weight excluding hydrogens is 428 g/mol. The smallest absolute Gasteiger partial charge is 0.244 e. The molecule has 4 aromatic rings. The largest absolute Gasteiger partial charge is 0.494 e. The molecule has 1 heterocycles. The van der Waals surface area contributed by atoms with E-state index in [1.807, 2.05) is 57.2 Å². The monoisotopic (exact) mass is 454 g/mol. The Morgan fingerprint density at radius 3 is 2.21 bits per heavy atom. The summed E-state index contributed by atoms with van der Waals surface area (Å²) < 4.78 is 7.20. The van der Waals surface area contributed by atoms with Crippen molar-refractivity contribution in [3.8, 4) is 5.75 Å². The molecule has 34 heavy (non-hydrogen) atoms. The average molecular weight is 455 g/mol. The Kier molecular flexibility index (Phi) is 6.59. The zero-order chi connectivity index (χ0) is 24.2. The predicted octanol–water partition coefficient (Wildman–Crippen LogP) is 4.89. The summed E-state index contributed by atoms with van der Waals surface area (Å²) in [6, 6.07) is 19.7. The number of hydrogen-bond donors (Lipinski definition) is 1. The van der Waals surface area contributed by atoms with E-state index in [-0.39, 0.29) is 23.8 Å². The Morgan fingerprint density at radius 1 is 0.912 bits per heavy atom. The van der Waals surface area contributed by atoms with Crippen molar-refractivity contribution in [3.63, 3.8) is 0 Å². The van der Waals surface area contributed by atoms with E-state index in [4.69, 9.17) is 4.74 Å². The molecule has 6 nitrogen and oxygen atoms in total. The summed E-state index contributed by atoms with van der Waals surface area (Å²) in [5.41, 5.74) is 3.36. The molecule has 0 unspecified atom stereocenters. The predicted molar refractivity (Wildman–Crippen MR) is 134 cm³/mol. The number of pyridine rings is 1. The van der Waals surface area contributed by atoms with Crippen LogP contribution in [0.25, 0.3) is 10.9 Å². The zero-order valence-corrected chi connectivity index (χ0v) is 19.4. The fourth-order valence-electron chi connectivity index (χ4n) is 3.78. The lowest BCUT2D eigenvalue weighted by Gasteiger charge is -2.15. The third kappa shape index (κ3) is 4.91. The van der Waals surface area contributed by atoms with Crippen molar-refractivity contribution in [1.82, 2.24) is 4.57 Å². The van der Waals surface area contributed by atoms with Crippen molar-refractivity contribution >= 4 is 28.3 Å². The van der Waals surface area contributed by atoms with Crippen LogP contribution in [-0.4, -0.2) is 22.9 Å². The van der Waals surface area contributed by atoms with Crippen molar-refractivity contribution < 1.29 is 14.3 Å². The number of ketones is 1. The Labute approximate surface area is 197 Å². The second-order valence-corrected chi connectivity index (χ2v) is 8.22. The standard InChI is InChI=1S/C28H26N2O4/c1-4-34-22-13-14-25-23(15-22)28(33)24(27(32)20-9-5-18(2)6-10-20)16-30(25)17-26(31)29-21-11-7-19(3)8-12-21/h5-16H,4,17H2,1-3H3,(H,29,31). The maximum atomic E-state index is 13.3. The van der Waals surface area contributed by atoms with Crippen LogP contribution in [0.4, 0.5) is 5.69 Å². The molecule has 0 aliphatic heterocycles. The van der Waals surface area contributed by atoms with Crippen molar-refractivity contribution in [3.05, 3.63) is 105 Å². The van der Waals surface area contributed by atoms with Gasteiger partial charge in [-0.05, 0) is 51.1 Å². The van der Waals surface area contributed by atoms with E-state index in [1.54, 1.807) is 34.9 Å². The van der Waals surface area contributed by atoms with E-state index in [9.17, 15) is 14.4 Å². The Balaban J connectivity index is 1.77. The minimum Gasteiger partial charge on any atom is -0.494 e. The highest BCUT2D eigenvalue weighted by molar-refractivity contribution is 6.10. The van der Waals surface area contributed by atoms with Gasteiger partial charge in [0.25, 0.3) is 0 Å². The summed E-state index contributed by atoms with van der Waals surface area (Å²) in [4.78, 5) is 39.4. The molecule has 1 N–H and O–H groups in total. The van der Waals surface area contributed by atoms with Crippen molar-refractivity contribution in [2.45, 2.75) is 27.3 Å². The molecule has 0 atom stereocenters. The van der Waals surface area contributed by atoms with E-state index in [1.165, 1.54) is 6.20 Å². The van der Waals surface area contributed by atoms with Crippen molar-refractivity contribution in [2.75, 3.05) is 11.9 Å². The first-order valence-corrected chi connectivity index (χ1v) is 11.1. The SMILES string of the molecule is CCOc1ccc2c(c1)c(=O)c(C(=O)c1ccc(C)cc1)cn2CC(=O)Nc1ccc(C)cc1. The second kappa shape index (κ2) is 9.75. The number of hydrogen-bond acceptors (Lipinski definition) is 4. The van der Waals surface area contributed by atoms with Crippen molar-refractivity contribution in [2.24, 2.45) is 0 Å². The summed E-state index contributed by atoms with van der Waals surface area (Å²) in [6.07, 6.45) is 1.47. The molecular formula is C28H26N2O4. The molecule has 3 aromatic carbocycles. The van der Waals surface area contributed by atoms with Crippen LogP contribution in [0.1, 0.15) is 34.0 Å². The van der Waals surface area contributed by atoms with Crippen LogP contribution in [0, 0.1) is 13.8 Å². The van der Waals surface area contributed by atoms with Gasteiger partial charge in [-0.3, -0.25) is 14.4 Å². The molecule has 0 aliphatic carbocycles. The first kappa shape index (κ1) is 23.0. The number of amides is 1. The number of aryl methyl sites for hydroxylation is 2. The molecule has 0 saturated carbocycles. The van der Waals surface area contributed by atoms with Gasteiger partial charge in [-0.25, -0.2) is 0 Å². The second-order valence-electron chi connectivity index (χ2n) is 8.22. The summed E-state index contributed by atoms with van der Waals surface area (Å²) in [5, 5.41) is 3.19. The molecule has 0 fully saturated rings. The van der Waals surface area contributed by atoms with E-state index < -0.39 is 5.43 Å². The van der Waals surface area contributed by atoms with Crippen LogP contribution in [0.2, 0.25) is 0 Å². The highest BCUT2D eigenvalue weighted by Gasteiger charge is 2.19. The van der Waals surface area contributed by atoms with Gasteiger partial charge >= 0.3 is 0 Å². The normalized spacial score (nSPS) is 10.8. The van der Waals surface area contributed by atoms with Gasteiger partial charge in [0.1, 0.15) is 12.3 Å². The molecule has 0 aliphatic rings. The molecule has 1 amide bonds. The lowest BCUT2D eigenvalue weighted by molar-refractivity contribution is -0.116. The lowest BCUT2D eigenvalue weighted by Crippen LogP contribution is -2.24. The minimum absolute atomic E-state index is 0.00753. The number of benzene rings is 3. The quantitative estimate of drug-likeness (QED) is 0.404. The Morgan fingerprint density at radius 2 is 1.56 bits per heavy atom. The van der Waals surface area contributed by atoms with E-state index in [2.05, 4.69) is 5.32 Å². The van der Waals surface area contributed by atoms with Crippen molar-refractivity contribution in [1.29, 1.82) is 0 Å². The number of carbonyl (C=O) groups excluding carboxylic acids is 2. The van der Waals surface area contributed by atoms with Gasteiger partial charge in [0.2, 0.25) is 11.3 Å². The number of rotatable bonds is 7. The number of ether oxygens (including phenoxy) is 1. The fourth-order valence-corrected chi connectivity index (χ4v) is 3.78. The Bertz CT molecular complexity index is 1420. The summed E-state index contributed by atoms with van der Waals surface area (Å²) in [6.45, 7) is 6.14. The number of nitrogens with zero attached hydrogens (tertiary/aromatic N) is 1. The van der Waals surface area contributed by atoms with Gasteiger partial charge in [0.15, 0.2) is 5.78 Å². The lowest BCUT2D eigenvalue weighted by atomic mass is 10.0. The summed E-state index contributed by atoms with van der Waals surface area (Å²) in [7, 11) is 0. The van der Waals surface area contributed by atoms with Crippen LogP contribution in [-0.2, 0) is 11.3 Å². The molecule has 6 heteroatoms. The molecule has 0 bridgehead atoms. The van der Waals surface area contributed by atoms with E-state index >= 15 is 0 Å². The first-order chi connectivity index (χ1) is 16.4. The van der Waals surface area contributed by atoms with Gasteiger partial charge in [0, 0.05) is 17.4 Å². The molecule has 0 saturated heterocycles. The third-order valence-corrected chi connectivity index (χ3v) is 5.57. The van der Waals surface area contributed by atoms with Crippen LogP contribution in [0.15, 0.2) is 77.7 Å². The maximum absolute atomic E-state index is 13.3. The molecule has 4 rings (SSSR count). The summed E-state index contributed by atoms with van der Waals surface area (Å²) in [5.74, 6) is -0.125. The van der Waals surface area contributed by atoms with Gasteiger partial charge < -0.3 is 14.6 Å². The number of aromatic nitrogens is 1. The first-order valence-electron chi connectivity index (χ1n) is 11.1. The van der Waals surface area contributed by atoms with Gasteiger partial charge in [0.05, 0.1) is 23.1 Å². The molecule has 172 valence electrons. The maximum Gasteiger partial charge on any atom is 0.244 e. The highest BCUT2D eigenvalue weighted by atomic mass is 16.5. The number of anilines is 1. The van der Waals surface area contributed by atoms with Gasteiger partial charge in [-0.1, -0.05) is 47.5 Å². The average Bonchev–Trinajstić information content (AvgIpc) is 2.82. The highest BCUT2D eigenvalue weighted by Crippen LogP contribution is 2.21. The molecule has 0 radical (unpaired) electrons. The van der Waals surface area contributed by atoms with Crippen LogP contribution < -0.4 is 15.5 Å². The third-order valence-electron chi connectivity index (χ3n) is 5.57. The number of fused-ring (bicyclic) bond motifs is 1. The minimum atomic E-state index is -0.391. The van der Waals surface area contributed by atoms with Crippen LogP contribution in [0.3, 0.4) is 0 Å². The molecule has 0 spiro atoms. The van der Waals surface area contributed by atoms with E-state index in [0.717, 1.165) is 11.1 Å². The zero-order valence-electron chi connectivity index (χ0n) is 19.4.